The zero-order valence-corrected chi connectivity index (χ0v) is 13.2. The molecule has 0 N–H and O–H groups in total. The van der Waals surface area contributed by atoms with E-state index in [1.54, 1.807) is 0 Å². The van der Waals surface area contributed by atoms with Crippen LogP contribution in [0.25, 0.3) is 27.5 Å². The quantitative estimate of drug-likeness (QED) is 0.452. The van der Waals surface area contributed by atoms with E-state index in [1.165, 1.54) is 16.3 Å². The Balaban J connectivity index is 2.13. The van der Waals surface area contributed by atoms with Crippen molar-refractivity contribution in [2.45, 2.75) is 0 Å². The summed E-state index contributed by atoms with van der Waals surface area (Å²) in [6.45, 7) is 0. The molecule has 0 spiro atoms. The van der Waals surface area contributed by atoms with Crippen molar-refractivity contribution in [3.8, 4) is 11.8 Å². The maximum Gasteiger partial charge on any atom is 0.0991 e. The highest BCUT2D eigenvalue weighted by atomic mass is 79.9. The van der Waals surface area contributed by atoms with Crippen molar-refractivity contribution in [1.82, 2.24) is 4.57 Å². The summed E-state index contributed by atoms with van der Waals surface area (Å²) < 4.78 is 3.29. The molecule has 0 aliphatic heterocycles. The van der Waals surface area contributed by atoms with Crippen LogP contribution in [0.15, 0.2) is 71.2 Å². The molecule has 3 aromatic carbocycles. The molecule has 0 atom stereocenters. The summed E-state index contributed by atoms with van der Waals surface area (Å²) in [5.74, 6) is 0. The molecule has 1 aromatic heterocycles. The first-order chi connectivity index (χ1) is 10.8. The number of rotatable bonds is 1. The van der Waals surface area contributed by atoms with Crippen molar-refractivity contribution >= 4 is 37.7 Å². The average Bonchev–Trinajstić information content (AvgIpc) is 2.88. The smallest absolute Gasteiger partial charge is 0.0991 e. The Bertz CT molecular complexity index is 1040. The first-order valence-corrected chi connectivity index (χ1v) is 7.76. The lowest BCUT2D eigenvalue weighted by Crippen LogP contribution is -1.93. The molecular weight excluding hydrogens is 336 g/mol. The molecule has 0 saturated carbocycles. The lowest BCUT2D eigenvalue weighted by atomic mass is 10.2. The molecule has 0 radical (unpaired) electrons. The van der Waals surface area contributed by atoms with Crippen molar-refractivity contribution in [3.05, 3.63) is 76.8 Å². The predicted molar refractivity (Wildman–Crippen MR) is 93.2 cm³/mol. The molecule has 22 heavy (non-hydrogen) atoms. The molecular formula is C19H11BrN2. The number of halogens is 1. The van der Waals surface area contributed by atoms with Gasteiger partial charge in [-0.2, -0.15) is 5.26 Å². The molecule has 4 rings (SSSR count). The molecule has 1 heterocycles. The number of nitrogens with zero attached hydrogens (tertiary/aromatic N) is 2. The van der Waals surface area contributed by atoms with Crippen LogP contribution < -0.4 is 0 Å². The molecule has 0 aliphatic carbocycles. The van der Waals surface area contributed by atoms with Gasteiger partial charge < -0.3 is 4.57 Å². The lowest BCUT2D eigenvalue weighted by molar-refractivity contribution is 1.18. The molecule has 0 aliphatic rings. The molecule has 0 saturated heterocycles. The number of nitriles is 1. The molecule has 0 unspecified atom stereocenters. The third kappa shape index (κ3) is 1.93. The molecule has 0 fully saturated rings. The maximum absolute atomic E-state index is 8.98. The zero-order chi connectivity index (χ0) is 15.1. The standard InChI is InChI=1S/C19H11BrN2/c20-14-7-10-17-16-3-1-2-4-18(16)22(19(17)11-14)15-8-5-13(12-21)6-9-15/h1-11H. The number of benzene rings is 3. The highest BCUT2D eigenvalue weighted by Crippen LogP contribution is 2.33. The van der Waals surface area contributed by atoms with E-state index in [1.807, 2.05) is 24.3 Å². The average molecular weight is 347 g/mol. The van der Waals surface area contributed by atoms with Crippen LogP contribution in [0.3, 0.4) is 0 Å². The van der Waals surface area contributed by atoms with E-state index >= 15 is 0 Å². The van der Waals surface area contributed by atoms with E-state index in [9.17, 15) is 0 Å². The zero-order valence-electron chi connectivity index (χ0n) is 11.6. The van der Waals surface area contributed by atoms with Gasteiger partial charge in [-0.3, -0.25) is 0 Å². The van der Waals surface area contributed by atoms with Gasteiger partial charge in [0.25, 0.3) is 0 Å². The second-order valence-corrected chi connectivity index (χ2v) is 6.09. The minimum atomic E-state index is 0.672. The van der Waals surface area contributed by atoms with Crippen molar-refractivity contribution in [2.24, 2.45) is 0 Å². The van der Waals surface area contributed by atoms with Gasteiger partial charge in [-0.1, -0.05) is 40.2 Å². The Kier molecular flexibility index (Phi) is 2.99. The normalized spacial score (nSPS) is 10.9. The van der Waals surface area contributed by atoms with Crippen LogP contribution in [0.1, 0.15) is 5.56 Å². The maximum atomic E-state index is 8.98. The summed E-state index contributed by atoms with van der Waals surface area (Å²) in [6, 6.07) is 24.6. The largest absolute Gasteiger partial charge is 0.309 e. The summed E-state index contributed by atoms with van der Waals surface area (Å²) in [5.41, 5.74) is 4.05. The number of hydrogen-bond acceptors (Lipinski definition) is 1. The highest BCUT2D eigenvalue weighted by Gasteiger charge is 2.11. The van der Waals surface area contributed by atoms with Crippen LogP contribution in [0, 0.1) is 11.3 Å². The number of aromatic nitrogens is 1. The topological polar surface area (TPSA) is 28.7 Å². The van der Waals surface area contributed by atoms with E-state index in [0.29, 0.717) is 5.56 Å². The van der Waals surface area contributed by atoms with Gasteiger partial charge in [0.05, 0.1) is 22.7 Å². The fraction of sp³-hybridized carbons (Fsp3) is 0. The van der Waals surface area contributed by atoms with Gasteiger partial charge in [-0.05, 0) is 42.5 Å². The summed E-state index contributed by atoms with van der Waals surface area (Å²) in [4.78, 5) is 0. The van der Waals surface area contributed by atoms with Crippen LogP contribution in [-0.2, 0) is 0 Å². The SMILES string of the molecule is N#Cc1ccc(-n2c3ccccc3c3ccc(Br)cc32)cc1. The van der Waals surface area contributed by atoms with Crippen LogP contribution in [0.2, 0.25) is 0 Å². The van der Waals surface area contributed by atoms with Crippen molar-refractivity contribution < 1.29 is 0 Å². The van der Waals surface area contributed by atoms with Crippen LogP contribution in [-0.4, -0.2) is 4.57 Å². The van der Waals surface area contributed by atoms with Gasteiger partial charge in [0.2, 0.25) is 0 Å². The van der Waals surface area contributed by atoms with Gasteiger partial charge in [-0.15, -0.1) is 0 Å². The summed E-state index contributed by atoms with van der Waals surface area (Å²) in [7, 11) is 0. The summed E-state index contributed by atoms with van der Waals surface area (Å²) in [6.07, 6.45) is 0. The third-order valence-corrected chi connectivity index (χ3v) is 4.38. The molecule has 4 aromatic rings. The summed E-state index contributed by atoms with van der Waals surface area (Å²) in [5, 5.41) is 11.4. The van der Waals surface area contributed by atoms with Gasteiger partial charge >= 0.3 is 0 Å². The summed E-state index contributed by atoms with van der Waals surface area (Å²) >= 11 is 3.56. The monoisotopic (exact) mass is 346 g/mol. The first kappa shape index (κ1) is 13.1. The van der Waals surface area contributed by atoms with Gasteiger partial charge in [0.15, 0.2) is 0 Å². The fourth-order valence-electron chi connectivity index (χ4n) is 2.91. The second kappa shape index (κ2) is 5.01. The van der Waals surface area contributed by atoms with Gasteiger partial charge in [0, 0.05) is 20.9 Å². The molecule has 104 valence electrons. The number of para-hydroxylation sites is 1. The minimum absolute atomic E-state index is 0.672. The molecule has 0 bridgehead atoms. The van der Waals surface area contributed by atoms with E-state index < -0.39 is 0 Å². The van der Waals surface area contributed by atoms with Crippen LogP contribution in [0.5, 0.6) is 0 Å². The Morgan fingerprint density at radius 3 is 2.32 bits per heavy atom. The first-order valence-electron chi connectivity index (χ1n) is 6.97. The van der Waals surface area contributed by atoms with Crippen LogP contribution in [0.4, 0.5) is 0 Å². The number of hydrogen-bond donors (Lipinski definition) is 0. The Morgan fingerprint density at radius 1 is 0.818 bits per heavy atom. The Labute approximate surface area is 136 Å². The van der Waals surface area contributed by atoms with E-state index in [2.05, 4.69) is 69.0 Å². The van der Waals surface area contributed by atoms with Crippen molar-refractivity contribution in [1.29, 1.82) is 5.26 Å². The fourth-order valence-corrected chi connectivity index (χ4v) is 3.26. The van der Waals surface area contributed by atoms with E-state index in [-0.39, 0.29) is 0 Å². The molecule has 2 nitrogen and oxygen atoms in total. The Morgan fingerprint density at radius 2 is 1.55 bits per heavy atom. The number of fused-ring (bicyclic) bond motifs is 3. The second-order valence-electron chi connectivity index (χ2n) is 5.17. The van der Waals surface area contributed by atoms with Gasteiger partial charge in [-0.25, -0.2) is 0 Å². The highest BCUT2D eigenvalue weighted by molar-refractivity contribution is 9.10. The van der Waals surface area contributed by atoms with Crippen molar-refractivity contribution in [2.75, 3.05) is 0 Å². The van der Waals surface area contributed by atoms with E-state index in [4.69, 9.17) is 5.26 Å². The van der Waals surface area contributed by atoms with Crippen molar-refractivity contribution in [3.63, 3.8) is 0 Å². The Hall–Kier alpha value is -2.57. The predicted octanol–water partition coefficient (Wildman–Crippen LogP) is 5.42. The van der Waals surface area contributed by atoms with Crippen LogP contribution >= 0.6 is 15.9 Å². The molecule has 0 amide bonds. The van der Waals surface area contributed by atoms with E-state index in [0.717, 1.165) is 15.7 Å². The lowest BCUT2D eigenvalue weighted by Gasteiger charge is -2.07. The van der Waals surface area contributed by atoms with Gasteiger partial charge in [0.1, 0.15) is 0 Å². The molecule has 3 heteroatoms. The minimum Gasteiger partial charge on any atom is -0.309 e. The third-order valence-electron chi connectivity index (χ3n) is 3.89.